The summed E-state index contributed by atoms with van der Waals surface area (Å²) in [5, 5.41) is 12.8. The topological polar surface area (TPSA) is 67.6 Å². The Balaban J connectivity index is 1.80. The van der Waals surface area contributed by atoms with Crippen molar-refractivity contribution in [1.82, 2.24) is 14.7 Å². The Morgan fingerprint density at radius 1 is 1.56 bits per heavy atom. The highest BCUT2D eigenvalue weighted by Crippen LogP contribution is 2.38. The van der Waals surface area contributed by atoms with Gasteiger partial charge in [-0.1, -0.05) is 5.16 Å². The van der Waals surface area contributed by atoms with Gasteiger partial charge in [0.2, 0.25) is 5.89 Å². The van der Waals surface area contributed by atoms with E-state index in [0.29, 0.717) is 24.0 Å². The molecule has 0 aliphatic heterocycles. The van der Waals surface area contributed by atoms with Gasteiger partial charge in [-0.05, 0) is 25.0 Å². The maximum Gasteiger partial charge on any atom is 0.246 e. The molecule has 80 valence electrons. The van der Waals surface area contributed by atoms with E-state index in [0.717, 1.165) is 18.7 Å². The third-order valence-corrected chi connectivity index (χ3v) is 2.68. The molecule has 1 aliphatic carbocycles. The molecule has 5 heteroatoms. The largest absolute Gasteiger partial charge is 0.337 e. The normalized spacial score (nSPS) is 14.9. The summed E-state index contributed by atoms with van der Waals surface area (Å²) in [5.41, 5.74) is 0.603. The van der Waals surface area contributed by atoms with Crippen LogP contribution in [0.1, 0.15) is 36.2 Å². The summed E-state index contributed by atoms with van der Waals surface area (Å²) in [5.74, 6) is 1.87. The summed E-state index contributed by atoms with van der Waals surface area (Å²) in [6.45, 7) is 0.468. The molecule has 0 atom stereocenters. The molecule has 1 saturated carbocycles. The van der Waals surface area contributed by atoms with Crippen LogP contribution in [0.15, 0.2) is 22.9 Å². The van der Waals surface area contributed by atoms with Crippen molar-refractivity contribution in [2.75, 3.05) is 0 Å². The minimum absolute atomic E-state index is 0.468. The van der Waals surface area contributed by atoms with Crippen LogP contribution in [0.5, 0.6) is 0 Å². The van der Waals surface area contributed by atoms with Gasteiger partial charge in [-0.3, -0.25) is 0 Å². The van der Waals surface area contributed by atoms with Gasteiger partial charge >= 0.3 is 0 Å². The number of hydrogen-bond donors (Lipinski definition) is 0. The van der Waals surface area contributed by atoms with E-state index >= 15 is 0 Å². The van der Waals surface area contributed by atoms with Crippen molar-refractivity contribution in [1.29, 1.82) is 5.26 Å². The third-order valence-electron chi connectivity index (χ3n) is 2.68. The van der Waals surface area contributed by atoms with E-state index in [1.807, 2.05) is 12.3 Å². The molecule has 1 aliphatic rings. The van der Waals surface area contributed by atoms with Crippen LogP contribution in [0.2, 0.25) is 0 Å². The molecule has 0 radical (unpaired) electrons. The Kier molecular flexibility index (Phi) is 2.00. The number of rotatable bonds is 3. The molecular formula is C11H10N4O. The molecule has 1 fully saturated rings. The fourth-order valence-corrected chi connectivity index (χ4v) is 1.64. The van der Waals surface area contributed by atoms with Crippen LogP contribution in [-0.4, -0.2) is 14.7 Å². The van der Waals surface area contributed by atoms with Gasteiger partial charge in [-0.2, -0.15) is 10.2 Å². The van der Waals surface area contributed by atoms with Crippen molar-refractivity contribution >= 4 is 0 Å². The Morgan fingerprint density at radius 2 is 2.44 bits per heavy atom. The first-order valence-electron chi connectivity index (χ1n) is 5.24. The van der Waals surface area contributed by atoms with E-state index in [4.69, 9.17) is 9.78 Å². The zero-order valence-corrected chi connectivity index (χ0v) is 8.63. The lowest BCUT2D eigenvalue weighted by molar-refractivity contribution is 0.366. The zero-order valence-electron chi connectivity index (χ0n) is 8.63. The van der Waals surface area contributed by atoms with Gasteiger partial charge in [0.25, 0.3) is 0 Å². The predicted octanol–water partition coefficient (Wildman–Crippen LogP) is 1.67. The predicted molar refractivity (Wildman–Crippen MR) is 54.5 cm³/mol. The van der Waals surface area contributed by atoms with Crippen LogP contribution in [-0.2, 0) is 6.54 Å². The second kappa shape index (κ2) is 3.49. The fourth-order valence-electron chi connectivity index (χ4n) is 1.64. The van der Waals surface area contributed by atoms with E-state index < -0.39 is 0 Å². The molecule has 2 aromatic heterocycles. The Morgan fingerprint density at radius 3 is 3.19 bits per heavy atom. The van der Waals surface area contributed by atoms with Gasteiger partial charge in [-0.15, -0.1) is 0 Å². The van der Waals surface area contributed by atoms with Gasteiger partial charge in [0.1, 0.15) is 18.3 Å². The van der Waals surface area contributed by atoms with Crippen LogP contribution in [0.25, 0.3) is 0 Å². The smallest absolute Gasteiger partial charge is 0.246 e. The van der Waals surface area contributed by atoms with E-state index in [-0.39, 0.29) is 0 Å². The molecule has 0 amide bonds. The fraction of sp³-hybridized carbons (Fsp3) is 0.364. The van der Waals surface area contributed by atoms with Crippen molar-refractivity contribution in [3.63, 3.8) is 0 Å². The minimum Gasteiger partial charge on any atom is -0.337 e. The number of hydrogen-bond acceptors (Lipinski definition) is 4. The minimum atomic E-state index is 0.468. The SMILES string of the molecule is N#Cc1cccn1Cc1nc(C2CC2)no1. The summed E-state index contributed by atoms with van der Waals surface area (Å²) in [4.78, 5) is 4.31. The van der Waals surface area contributed by atoms with E-state index in [2.05, 4.69) is 16.2 Å². The molecule has 0 saturated heterocycles. The van der Waals surface area contributed by atoms with Crippen molar-refractivity contribution < 1.29 is 4.52 Å². The molecule has 3 rings (SSSR count). The number of nitriles is 1. The maximum absolute atomic E-state index is 8.85. The monoisotopic (exact) mass is 214 g/mol. The van der Waals surface area contributed by atoms with Crippen molar-refractivity contribution in [2.24, 2.45) is 0 Å². The third kappa shape index (κ3) is 1.58. The Bertz CT molecular complexity index is 544. The van der Waals surface area contributed by atoms with Crippen molar-refractivity contribution in [3.05, 3.63) is 35.7 Å². The van der Waals surface area contributed by atoms with Gasteiger partial charge in [0.05, 0.1) is 0 Å². The first-order valence-corrected chi connectivity index (χ1v) is 5.24. The molecule has 5 nitrogen and oxygen atoms in total. The van der Waals surface area contributed by atoms with Crippen LogP contribution < -0.4 is 0 Å². The highest BCUT2D eigenvalue weighted by Gasteiger charge is 2.28. The Labute approximate surface area is 92.3 Å². The Hall–Kier alpha value is -2.09. The van der Waals surface area contributed by atoms with Crippen molar-refractivity contribution in [3.8, 4) is 6.07 Å². The molecular weight excluding hydrogens is 204 g/mol. The molecule has 2 aromatic rings. The molecule has 0 bridgehead atoms. The van der Waals surface area contributed by atoms with Gasteiger partial charge < -0.3 is 9.09 Å². The summed E-state index contributed by atoms with van der Waals surface area (Å²) in [7, 11) is 0. The lowest BCUT2D eigenvalue weighted by Crippen LogP contribution is -2.00. The van der Waals surface area contributed by atoms with Crippen LogP contribution in [0.3, 0.4) is 0 Å². The number of aromatic nitrogens is 3. The number of nitrogens with zero attached hydrogens (tertiary/aromatic N) is 4. The first-order chi connectivity index (χ1) is 7.86. The van der Waals surface area contributed by atoms with E-state index in [1.165, 1.54) is 0 Å². The summed E-state index contributed by atoms with van der Waals surface area (Å²) < 4.78 is 6.94. The van der Waals surface area contributed by atoms with Crippen LogP contribution in [0.4, 0.5) is 0 Å². The second-order valence-electron chi connectivity index (χ2n) is 3.95. The molecule has 0 N–H and O–H groups in total. The van der Waals surface area contributed by atoms with Gasteiger partial charge in [0, 0.05) is 12.1 Å². The molecule has 0 spiro atoms. The van der Waals surface area contributed by atoms with Crippen LogP contribution in [0, 0.1) is 11.3 Å². The highest BCUT2D eigenvalue weighted by molar-refractivity contribution is 5.22. The summed E-state index contributed by atoms with van der Waals surface area (Å²) >= 11 is 0. The lowest BCUT2D eigenvalue weighted by atomic mass is 10.4. The van der Waals surface area contributed by atoms with Crippen LogP contribution >= 0.6 is 0 Å². The van der Waals surface area contributed by atoms with E-state index in [9.17, 15) is 0 Å². The first kappa shape index (κ1) is 9.16. The average molecular weight is 214 g/mol. The highest BCUT2D eigenvalue weighted by atomic mass is 16.5. The maximum atomic E-state index is 8.85. The summed E-state index contributed by atoms with van der Waals surface area (Å²) in [6, 6.07) is 5.70. The molecule has 16 heavy (non-hydrogen) atoms. The summed E-state index contributed by atoms with van der Waals surface area (Å²) in [6.07, 6.45) is 4.15. The quantitative estimate of drug-likeness (QED) is 0.779. The van der Waals surface area contributed by atoms with Gasteiger partial charge in [0.15, 0.2) is 5.82 Å². The average Bonchev–Trinajstić information content (AvgIpc) is 2.88. The molecule has 2 heterocycles. The molecule has 0 aromatic carbocycles. The lowest BCUT2D eigenvalue weighted by Gasteiger charge is -1.98. The van der Waals surface area contributed by atoms with E-state index in [1.54, 1.807) is 10.6 Å². The second-order valence-corrected chi connectivity index (χ2v) is 3.95. The van der Waals surface area contributed by atoms with Gasteiger partial charge in [-0.25, -0.2) is 0 Å². The zero-order chi connectivity index (χ0) is 11.0. The molecule has 0 unspecified atom stereocenters. The standard InChI is InChI=1S/C11H10N4O/c12-6-9-2-1-5-15(9)7-10-13-11(14-16-10)8-3-4-8/h1-2,5,8H,3-4,7H2. The van der Waals surface area contributed by atoms with Crippen molar-refractivity contribution in [2.45, 2.75) is 25.3 Å².